The zero-order chi connectivity index (χ0) is 14.0. The number of aromatic nitrogens is 1. The van der Waals surface area contributed by atoms with Crippen LogP contribution in [0.4, 0.5) is 11.4 Å². The van der Waals surface area contributed by atoms with E-state index in [1.807, 2.05) is 4.90 Å². The third-order valence-electron chi connectivity index (χ3n) is 3.43. The van der Waals surface area contributed by atoms with Crippen LogP contribution in [0.15, 0.2) is 12.3 Å². The minimum atomic E-state index is -0.459. The number of piperazine rings is 1. The van der Waals surface area contributed by atoms with Crippen LogP contribution in [-0.4, -0.2) is 47.0 Å². The van der Waals surface area contributed by atoms with Crippen LogP contribution >= 0.6 is 11.6 Å². The fraction of sp³-hybridized carbons (Fsp3) is 0.583. The first-order valence-electron chi connectivity index (χ1n) is 6.28. The van der Waals surface area contributed by atoms with Gasteiger partial charge in [-0.2, -0.15) is 0 Å². The lowest BCUT2D eigenvalue weighted by Crippen LogP contribution is -2.49. The van der Waals surface area contributed by atoms with Gasteiger partial charge in [0.05, 0.1) is 4.92 Å². The number of nitro groups is 1. The Morgan fingerprint density at radius 1 is 1.37 bits per heavy atom. The fourth-order valence-electron chi connectivity index (χ4n) is 2.32. The Kier molecular flexibility index (Phi) is 4.21. The van der Waals surface area contributed by atoms with Crippen LogP contribution < -0.4 is 4.90 Å². The lowest BCUT2D eigenvalue weighted by molar-refractivity contribution is -0.384. The third-order valence-corrected chi connectivity index (χ3v) is 3.70. The van der Waals surface area contributed by atoms with Crippen LogP contribution in [-0.2, 0) is 0 Å². The second-order valence-corrected chi connectivity index (χ2v) is 5.20. The fourth-order valence-corrected chi connectivity index (χ4v) is 2.54. The molecule has 0 radical (unpaired) electrons. The van der Waals surface area contributed by atoms with Gasteiger partial charge in [0.2, 0.25) is 5.15 Å². The molecule has 6 nitrogen and oxygen atoms in total. The van der Waals surface area contributed by atoms with E-state index in [1.165, 1.54) is 6.20 Å². The quantitative estimate of drug-likeness (QED) is 0.484. The Morgan fingerprint density at radius 3 is 2.53 bits per heavy atom. The summed E-state index contributed by atoms with van der Waals surface area (Å²) in [5.74, 6) is 0. The highest BCUT2D eigenvalue weighted by Gasteiger charge is 2.27. The Hall–Kier alpha value is -1.40. The zero-order valence-corrected chi connectivity index (χ0v) is 11.8. The van der Waals surface area contributed by atoms with Gasteiger partial charge in [-0.3, -0.25) is 15.0 Å². The lowest BCUT2D eigenvalue weighted by Gasteiger charge is -2.37. The van der Waals surface area contributed by atoms with Gasteiger partial charge >= 0.3 is 5.69 Å². The lowest BCUT2D eigenvalue weighted by atomic mass is 10.2. The van der Waals surface area contributed by atoms with Gasteiger partial charge in [0.1, 0.15) is 5.69 Å². The first-order chi connectivity index (χ1) is 9.00. The van der Waals surface area contributed by atoms with Crippen molar-refractivity contribution in [2.75, 3.05) is 31.1 Å². The normalized spacial score (nSPS) is 16.9. The first-order valence-corrected chi connectivity index (χ1v) is 6.66. The molecule has 1 aromatic rings. The van der Waals surface area contributed by atoms with E-state index < -0.39 is 4.92 Å². The van der Waals surface area contributed by atoms with E-state index in [4.69, 9.17) is 11.6 Å². The van der Waals surface area contributed by atoms with E-state index in [9.17, 15) is 10.1 Å². The number of hydrogen-bond donors (Lipinski definition) is 0. The molecule has 7 heteroatoms. The average molecular weight is 285 g/mol. The zero-order valence-electron chi connectivity index (χ0n) is 11.0. The van der Waals surface area contributed by atoms with Gasteiger partial charge in [-0.25, -0.2) is 4.98 Å². The summed E-state index contributed by atoms with van der Waals surface area (Å²) in [6, 6.07) is 2.16. The molecule has 104 valence electrons. The van der Waals surface area contributed by atoms with Crippen LogP contribution in [0.1, 0.15) is 13.8 Å². The molecule has 1 aliphatic heterocycles. The van der Waals surface area contributed by atoms with Crippen LogP contribution in [0, 0.1) is 10.1 Å². The summed E-state index contributed by atoms with van der Waals surface area (Å²) in [5.41, 5.74) is 0.468. The molecule has 0 N–H and O–H groups in total. The standard InChI is InChI=1S/C12H17ClN4O2/c1-9(2)15-5-7-16(8-6-15)10-3-4-14-12(13)11(10)17(18)19/h3-4,9H,5-8H2,1-2H3. The number of hydrogen-bond acceptors (Lipinski definition) is 5. The van der Waals surface area contributed by atoms with Crippen LogP contribution in [0.2, 0.25) is 5.15 Å². The Morgan fingerprint density at radius 2 is 2.00 bits per heavy atom. The van der Waals surface area contributed by atoms with E-state index in [0.717, 1.165) is 26.2 Å². The van der Waals surface area contributed by atoms with Crippen molar-refractivity contribution >= 4 is 23.0 Å². The van der Waals surface area contributed by atoms with Crippen LogP contribution in [0.25, 0.3) is 0 Å². The summed E-state index contributed by atoms with van der Waals surface area (Å²) in [6.45, 7) is 7.63. The summed E-state index contributed by atoms with van der Waals surface area (Å²) < 4.78 is 0. The molecule has 2 rings (SSSR count). The number of rotatable bonds is 3. The van der Waals surface area contributed by atoms with Crippen molar-refractivity contribution in [3.05, 3.63) is 27.5 Å². The number of anilines is 1. The predicted molar refractivity (Wildman–Crippen MR) is 74.8 cm³/mol. The highest BCUT2D eigenvalue weighted by Crippen LogP contribution is 2.33. The van der Waals surface area contributed by atoms with Crippen LogP contribution in [0.5, 0.6) is 0 Å². The van der Waals surface area contributed by atoms with Gasteiger partial charge in [0, 0.05) is 38.4 Å². The monoisotopic (exact) mass is 284 g/mol. The highest BCUT2D eigenvalue weighted by molar-refractivity contribution is 6.32. The third kappa shape index (κ3) is 2.96. The van der Waals surface area contributed by atoms with Crippen molar-refractivity contribution in [1.82, 2.24) is 9.88 Å². The average Bonchev–Trinajstić information content (AvgIpc) is 2.38. The molecule has 0 atom stereocenters. The first kappa shape index (κ1) is 14.0. The van der Waals surface area contributed by atoms with Crippen LogP contribution in [0.3, 0.4) is 0 Å². The van der Waals surface area contributed by atoms with Gasteiger partial charge in [0.15, 0.2) is 0 Å². The molecule has 0 spiro atoms. The summed E-state index contributed by atoms with van der Waals surface area (Å²) in [7, 11) is 0. The van der Waals surface area contributed by atoms with Gasteiger partial charge in [0.25, 0.3) is 0 Å². The topological polar surface area (TPSA) is 62.5 Å². The molecule has 0 amide bonds. The minimum Gasteiger partial charge on any atom is -0.363 e. The molecule has 0 bridgehead atoms. The van der Waals surface area contributed by atoms with Crippen molar-refractivity contribution in [2.45, 2.75) is 19.9 Å². The van der Waals surface area contributed by atoms with Gasteiger partial charge in [-0.15, -0.1) is 0 Å². The van der Waals surface area contributed by atoms with E-state index in [0.29, 0.717) is 11.7 Å². The molecule has 0 unspecified atom stereocenters. The van der Waals surface area contributed by atoms with Gasteiger partial charge in [-0.1, -0.05) is 11.6 Å². The van der Waals surface area contributed by atoms with Crippen molar-refractivity contribution in [3.8, 4) is 0 Å². The molecule has 1 aromatic heterocycles. The van der Waals surface area contributed by atoms with E-state index in [2.05, 4.69) is 23.7 Å². The molecule has 2 heterocycles. The molecule has 0 aliphatic carbocycles. The van der Waals surface area contributed by atoms with Crippen molar-refractivity contribution in [2.24, 2.45) is 0 Å². The summed E-state index contributed by atoms with van der Waals surface area (Å²) in [5, 5.41) is 11.1. The number of halogens is 1. The smallest absolute Gasteiger partial charge is 0.329 e. The summed E-state index contributed by atoms with van der Waals surface area (Å²) in [4.78, 5) is 18.8. The van der Waals surface area contributed by atoms with E-state index >= 15 is 0 Å². The maximum absolute atomic E-state index is 11.1. The molecule has 0 saturated carbocycles. The molecule has 1 aliphatic rings. The van der Waals surface area contributed by atoms with E-state index in [-0.39, 0.29) is 10.8 Å². The number of pyridine rings is 1. The molecule has 19 heavy (non-hydrogen) atoms. The molecule has 0 aromatic carbocycles. The molecule has 1 saturated heterocycles. The summed E-state index contributed by atoms with van der Waals surface area (Å²) >= 11 is 5.83. The van der Waals surface area contributed by atoms with E-state index in [1.54, 1.807) is 6.07 Å². The highest BCUT2D eigenvalue weighted by atomic mass is 35.5. The maximum atomic E-state index is 11.1. The SMILES string of the molecule is CC(C)N1CCN(c2ccnc(Cl)c2[N+](=O)[O-])CC1. The molecular weight excluding hydrogens is 268 g/mol. The second kappa shape index (κ2) is 5.71. The molecular formula is C12H17ClN4O2. The largest absolute Gasteiger partial charge is 0.363 e. The second-order valence-electron chi connectivity index (χ2n) is 4.84. The van der Waals surface area contributed by atoms with Crippen molar-refractivity contribution < 1.29 is 4.92 Å². The number of nitrogens with zero attached hydrogens (tertiary/aromatic N) is 4. The van der Waals surface area contributed by atoms with Crippen molar-refractivity contribution in [1.29, 1.82) is 0 Å². The van der Waals surface area contributed by atoms with Crippen molar-refractivity contribution in [3.63, 3.8) is 0 Å². The van der Waals surface area contributed by atoms with Gasteiger partial charge < -0.3 is 4.90 Å². The summed E-state index contributed by atoms with van der Waals surface area (Å²) in [6.07, 6.45) is 1.51. The minimum absolute atomic E-state index is 0.0474. The predicted octanol–water partition coefficient (Wildman–Crippen LogP) is 2.17. The Labute approximate surface area is 117 Å². The Bertz CT molecular complexity index is 473. The Balaban J connectivity index is 2.20. The molecule has 1 fully saturated rings. The van der Waals surface area contributed by atoms with Gasteiger partial charge in [-0.05, 0) is 19.9 Å². The maximum Gasteiger partial charge on any atom is 0.329 e.